The van der Waals surface area contributed by atoms with Crippen LogP contribution in [0.2, 0.25) is 0 Å². The van der Waals surface area contributed by atoms with E-state index in [1.165, 1.54) is 0 Å². The molecule has 4 heteroatoms. The standard InChI is InChI=1S/C8H11BrN2O/c1-5(2)11-8(12)7-3-6(9)4-10-7/h3-5,10H,1-2H3,(H,11,12). The fraction of sp³-hybridized carbons (Fsp3) is 0.375. The first-order valence-corrected chi connectivity index (χ1v) is 4.53. The Morgan fingerprint density at radius 1 is 1.67 bits per heavy atom. The molecule has 0 aliphatic carbocycles. The third-order valence-corrected chi connectivity index (χ3v) is 1.77. The molecule has 1 heterocycles. The van der Waals surface area contributed by atoms with E-state index in [0.717, 1.165) is 4.47 Å². The predicted molar refractivity (Wildman–Crippen MR) is 51.1 cm³/mol. The van der Waals surface area contributed by atoms with E-state index in [2.05, 4.69) is 26.2 Å². The Morgan fingerprint density at radius 2 is 2.33 bits per heavy atom. The molecule has 1 aromatic rings. The largest absolute Gasteiger partial charge is 0.356 e. The van der Waals surface area contributed by atoms with Crippen LogP contribution >= 0.6 is 15.9 Å². The maximum atomic E-state index is 11.3. The molecule has 0 aromatic carbocycles. The van der Waals surface area contributed by atoms with Crippen LogP contribution in [-0.4, -0.2) is 16.9 Å². The third kappa shape index (κ3) is 2.37. The molecule has 66 valence electrons. The van der Waals surface area contributed by atoms with Crippen molar-refractivity contribution < 1.29 is 4.79 Å². The van der Waals surface area contributed by atoms with Gasteiger partial charge in [-0.1, -0.05) is 0 Å². The van der Waals surface area contributed by atoms with Gasteiger partial charge in [0.05, 0.1) is 0 Å². The first-order chi connectivity index (χ1) is 5.59. The summed E-state index contributed by atoms with van der Waals surface area (Å²) in [4.78, 5) is 14.2. The van der Waals surface area contributed by atoms with E-state index < -0.39 is 0 Å². The highest BCUT2D eigenvalue weighted by atomic mass is 79.9. The van der Waals surface area contributed by atoms with E-state index in [1.54, 1.807) is 12.3 Å². The molecular weight excluding hydrogens is 220 g/mol. The van der Waals surface area contributed by atoms with Crippen LogP contribution in [-0.2, 0) is 0 Å². The van der Waals surface area contributed by atoms with Crippen LogP contribution in [0.15, 0.2) is 16.7 Å². The normalized spacial score (nSPS) is 10.3. The number of amides is 1. The molecule has 3 nitrogen and oxygen atoms in total. The smallest absolute Gasteiger partial charge is 0.267 e. The summed E-state index contributed by atoms with van der Waals surface area (Å²) < 4.78 is 0.886. The maximum absolute atomic E-state index is 11.3. The number of hydrogen-bond donors (Lipinski definition) is 2. The number of H-pyrrole nitrogens is 1. The Hall–Kier alpha value is -0.770. The summed E-state index contributed by atoms with van der Waals surface area (Å²) in [5, 5.41) is 2.78. The molecule has 0 unspecified atom stereocenters. The fourth-order valence-electron chi connectivity index (χ4n) is 0.839. The van der Waals surface area contributed by atoms with Crippen molar-refractivity contribution >= 4 is 21.8 Å². The number of nitrogens with one attached hydrogen (secondary N) is 2. The number of carbonyl (C=O) groups excluding carboxylic acids is 1. The van der Waals surface area contributed by atoms with Gasteiger partial charge in [0.15, 0.2) is 0 Å². The van der Waals surface area contributed by atoms with Crippen LogP contribution < -0.4 is 5.32 Å². The van der Waals surface area contributed by atoms with Crippen LogP contribution in [0.1, 0.15) is 24.3 Å². The Morgan fingerprint density at radius 3 is 2.75 bits per heavy atom. The van der Waals surface area contributed by atoms with Gasteiger partial charge in [-0.25, -0.2) is 0 Å². The van der Waals surface area contributed by atoms with E-state index in [0.29, 0.717) is 5.69 Å². The Balaban J connectivity index is 2.65. The average molecular weight is 231 g/mol. The Labute approximate surface area is 79.7 Å². The van der Waals surface area contributed by atoms with E-state index in [9.17, 15) is 4.79 Å². The van der Waals surface area contributed by atoms with E-state index >= 15 is 0 Å². The predicted octanol–water partition coefficient (Wildman–Crippen LogP) is 1.92. The van der Waals surface area contributed by atoms with E-state index in [1.807, 2.05) is 13.8 Å². The van der Waals surface area contributed by atoms with Crippen molar-refractivity contribution in [3.05, 3.63) is 22.4 Å². The Bertz CT molecular complexity index is 280. The minimum atomic E-state index is -0.0734. The number of hydrogen-bond acceptors (Lipinski definition) is 1. The van der Waals surface area contributed by atoms with Crippen LogP contribution in [0.4, 0.5) is 0 Å². The van der Waals surface area contributed by atoms with Gasteiger partial charge in [-0.2, -0.15) is 0 Å². The van der Waals surface area contributed by atoms with Crippen LogP contribution in [0.5, 0.6) is 0 Å². The highest BCUT2D eigenvalue weighted by molar-refractivity contribution is 9.10. The molecule has 0 bridgehead atoms. The van der Waals surface area contributed by atoms with Crippen molar-refractivity contribution in [2.24, 2.45) is 0 Å². The molecular formula is C8H11BrN2O. The highest BCUT2D eigenvalue weighted by Gasteiger charge is 2.07. The number of halogens is 1. The monoisotopic (exact) mass is 230 g/mol. The van der Waals surface area contributed by atoms with Gasteiger partial charge in [-0.15, -0.1) is 0 Å². The lowest BCUT2D eigenvalue weighted by Crippen LogP contribution is -2.30. The van der Waals surface area contributed by atoms with Crippen LogP contribution in [0.25, 0.3) is 0 Å². The quantitative estimate of drug-likeness (QED) is 0.802. The summed E-state index contributed by atoms with van der Waals surface area (Å²) in [5.41, 5.74) is 0.579. The molecule has 1 amide bonds. The van der Waals surface area contributed by atoms with Gasteiger partial charge >= 0.3 is 0 Å². The second-order valence-electron chi connectivity index (χ2n) is 2.86. The molecule has 0 fully saturated rings. The topological polar surface area (TPSA) is 44.9 Å². The van der Waals surface area contributed by atoms with Gasteiger partial charge in [0.1, 0.15) is 5.69 Å². The summed E-state index contributed by atoms with van der Waals surface area (Å²) in [6.45, 7) is 3.85. The molecule has 1 aromatic heterocycles. The van der Waals surface area contributed by atoms with Gasteiger partial charge in [0.25, 0.3) is 5.91 Å². The van der Waals surface area contributed by atoms with E-state index in [-0.39, 0.29) is 11.9 Å². The number of carbonyl (C=O) groups is 1. The lowest BCUT2D eigenvalue weighted by Gasteiger charge is -2.05. The second-order valence-corrected chi connectivity index (χ2v) is 3.78. The van der Waals surface area contributed by atoms with Crippen LogP contribution in [0, 0.1) is 0 Å². The van der Waals surface area contributed by atoms with Crippen molar-refractivity contribution in [2.45, 2.75) is 19.9 Å². The molecule has 0 aliphatic rings. The molecule has 0 saturated heterocycles. The zero-order valence-electron chi connectivity index (χ0n) is 7.02. The Kier molecular flexibility index (Phi) is 2.92. The van der Waals surface area contributed by atoms with Crippen molar-refractivity contribution in [1.82, 2.24) is 10.3 Å². The van der Waals surface area contributed by atoms with Crippen LogP contribution in [0.3, 0.4) is 0 Å². The van der Waals surface area contributed by atoms with Gasteiger partial charge in [0.2, 0.25) is 0 Å². The summed E-state index contributed by atoms with van der Waals surface area (Å²) in [6.07, 6.45) is 1.73. The molecule has 0 aliphatic heterocycles. The van der Waals surface area contributed by atoms with Crippen molar-refractivity contribution in [3.8, 4) is 0 Å². The van der Waals surface area contributed by atoms with Gasteiger partial charge in [-0.3, -0.25) is 4.79 Å². The first kappa shape index (κ1) is 9.32. The average Bonchev–Trinajstić information content (AvgIpc) is 2.34. The first-order valence-electron chi connectivity index (χ1n) is 3.74. The minimum absolute atomic E-state index is 0.0734. The maximum Gasteiger partial charge on any atom is 0.267 e. The number of aromatic amines is 1. The number of aromatic nitrogens is 1. The molecule has 0 saturated carbocycles. The summed E-state index contributed by atoms with van der Waals surface area (Å²) >= 11 is 3.26. The third-order valence-electron chi connectivity index (χ3n) is 1.31. The number of rotatable bonds is 2. The lowest BCUT2D eigenvalue weighted by molar-refractivity contribution is 0.0938. The molecule has 12 heavy (non-hydrogen) atoms. The summed E-state index contributed by atoms with van der Waals surface area (Å²) in [6, 6.07) is 1.91. The molecule has 2 N–H and O–H groups in total. The van der Waals surface area contributed by atoms with Gasteiger partial charge in [0, 0.05) is 16.7 Å². The minimum Gasteiger partial charge on any atom is -0.356 e. The highest BCUT2D eigenvalue weighted by Crippen LogP contribution is 2.10. The molecule has 0 spiro atoms. The van der Waals surface area contributed by atoms with Crippen molar-refractivity contribution in [1.29, 1.82) is 0 Å². The molecule has 0 atom stereocenters. The lowest BCUT2D eigenvalue weighted by atomic mass is 10.3. The van der Waals surface area contributed by atoms with Gasteiger partial charge in [-0.05, 0) is 35.8 Å². The van der Waals surface area contributed by atoms with Crippen molar-refractivity contribution in [3.63, 3.8) is 0 Å². The molecule has 1 rings (SSSR count). The zero-order chi connectivity index (χ0) is 9.14. The summed E-state index contributed by atoms with van der Waals surface area (Å²) in [7, 11) is 0. The molecule has 0 radical (unpaired) electrons. The van der Waals surface area contributed by atoms with Crippen molar-refractivity contribution in [2.75, 3.05) is 0 Å². The fourth-order valence-corrected chi connectivity index (χ4v) is 1.18. The van der Waals surface area contributed by atoms with Gasteiger partial charge < -0.3 is 10.3 Å². The summed E-state index contributed by atoms with van der Waals surface area (Å²) in [5.74, 6) is -0.0734. The van der Waals surface area contributed by atoms with E-state index in [4.69, 9.17) is 0 Å². The second kappa shape index (κ2) is 3.76. The zero-order valence-corrected chi connectivity index (χ0v) is 8.60. The SMILES string of the molecule is CC(C)NC(=O)c1cc(Br)c[nH]1.